The van der Waals surface area contributed by atoms with Crippen molar-refractivity contribution in [3.63, 3.8) is 0 Å². The topological polar surface area (TPSA) is 3.24 Å². The van der Waals surface area contributed by atoms with E-state index in [1.807, 2.05) is 0 Å². The van der Waals surface area contributed by atoms with Gasteiger partial charge in [0.15, 0.2) is 0 Å². The maximum absolute atomic E-state index is 2.54. The van der Waals surface area contributed by atoms with Gasteiger partial charge in [0.2, 0.25) is 0 Å². The lowest BCUT2D eigenvalue weighted by atomic mass is 9.95. The summed E-state index contributed by atoms with van der Waals surface area (Å²) in [6.07, 6.45) is 6.42. The molecule has 1 aromatic rings. The summed E-state index contributed by atoms with van der Waals surface area (Å²) in [5, 5.41) is 0. The zero-order valence-electron chi connectivity index (χ0n) is 9.49. The molecule has 1 saturated heterocycles. The standard InChI is InChI=1S/C14H16IN/c1-16-11-6-7-12(16)9-10(8-11)13-4-2-3-5-14(13)15/h2-5,8,11-12H,6-7,9H2,1H3. The monoisotopic (exact) mass is 325 g/mol. The molecule has 2 aliphatic heterocycles. The number of fused-ring (bicyclic) bond motifs is 2. The van der Waals surface area contributed by atoms with Gasteiger partial charge < -0.3 is 0 Å². The van der Waals surface area contributed by atoms with Crippen molar-refractivity contribution >= 4 is 28.2 Å². The van der Waals surface area contributed by atoms with Gasteiger partial charge in [0.05, 0.1) is 0 Å². The molecule has 2 heterocycles. The highest BCUT2D eigenvalue weighted by Crippen LogP contribution is 2.38. The van der Waals surface area contributed by atoms with E-state index in [0.717, 1.165) is 6.04 Å². The average Bonchev–Trinajstić information content (AvgIpc) is 2.53. The third-order valence-electron chi connectivity index (χ3n) is 3.96. The van der Waals surface area contributed by atoms with Crippen LogP contribution >= 0.6 is 22.6 Å². The van der Waals surface area contributed by atoms with Crippen LogP contribution in [0.3, 0.4) is 0 Å². The molecule has 0 amide bonds. The van der Waals surface area contributed by atoms with Crippen LogP contribution in [0, 0.1) is 3.57 Å². The molecule has 2 bridgehead atoms. The van der Waals surface area contributed by atoms with Crippen molar-refractivity contribution in [1.82, 2.24) is 4.90 Å². The lowest BCUT2D eigenvalue weighted by Gasteiger charge is -2.30. The van der Waals surface area contributed by atoms with E-state index >= 15 is 0 Å². The maximum Gasteiger partial charge on any atom is 0.0284 e. The highest BCUT2D eigenvalue weighted by atomic mass is 127. The second kappa shape index (κ2) is 4.15. The van der Waals surface area contributed by atoms with E-state index in [4.69, 9.17) is 0 Å². The average molecular weight is 325 g/mol. The first kappa shape index (κ1) is 10.8. The van der Waals surface area contributed by atoms with Crippen LogP contribution in [0.4, 0.5) is 0 Å². The molecule has 1 fully saturated rings. The zero-order chi connectivity index (χ0) is 11.1. The van der Waals surface area contributed by atoms with Crippen molar-refractivity contribution < 1.29 is 0 Å². The molecule has 2 aliphatic rings. The van der Waals surface area contributed by atoms with Gasteiger partial charge in [-0.1, -0.05) is 24.3 Å². The summed E-state index contributed by atoms with van der Waals surface area (Å²) in [5.41, 5.74) is 3.02. The van der Waals surface area contributed by atoms with E-state index in [-0.39, 0.29) is 0 Å². The Hall–Kier alpha value is -0.350. The van der Waals surface area contributed by atoms with Crippen molar-refractivity contribution in [2.24, 2.45) is 0 Å². The molecule has 1 aromatic carbocycles. The van der Waals surface area contributed by atoms with Crippen LogP contribution in [0.1, 0.15) is 24.8 Å². The van der Waals surface area contributed by atoms with Crippen molar-refractivity contribution in [1.29, 1.82) is 0 Å². The van der Waals surface area contributed by atoms with E-state index in [2.05, 4.69) is 64.9 Å². The van der Waals surface area contributed by atoms with E-state index in [1.165, 1.54) is 28.4 Å². The molecule has 0 aliphatic carbocycles. The second-order valence-corrected chi connectivity index (χ2v) is 6.00. The number of rotatable bonds is 1. The Kier molecular flexibility index (Phi) is 2.80. The number of nitrogens with zero attached hydrogens (tertiary/aromatic N) is 1. The molecule has 2 unspecified atom stereocenters. The Morgan fingerprint density at radius 3 is 2.81 bits per heavy atom. The van der Waals surface area contributed by atoms with Crippen molar-refractivity contribution in [2.45, 2.75) is 31.3 Å². The summed E-state index contributed by atoms with van der Waals surface area (Å²) in [4.78, 5) is 2.54. The lowest BCUT2D eigenvalue weighted by molar-refractivity contribution is 0.264. The van der Waals surface area contributed by atoms with Gasteiger partial charge >= 0.3 is 0 Å². The molecule has 3 rings (SSSR count). The summed E-state index contributed by atoms with van der Waals surface area (Å²) >= 11 is 2.45. The molecular formula is C14H16IN. The van der Waals surface area contributed by atoms with Gasteiger partial charge in [-0.25, -0.2) is 0 Å². The second-order valence-electron chi connectivity index (χ2n) is 4.84. The molecule has 0 spiro atoms. The van der Waals surface area contributed by atoms with E-state index < -0.39 is 0 Å². The zero-order valence-corrected chi connectivity index (χ0v) is 11.6. The third-order valence-corrected chi connectivity index (χ3v) is 4.90. The molecule has 0 saturated carbocycles. The Labute approximate surface area is 111 Å². The SMILES string of the molecule is CN1C2C=C(c3ccccc3I)CC1CC2. The molecule has 0 N–H and O–H groups in total. The third kappa shape index (κ3) is 1.72. The predicted octanol–water partition coefficient (Wildman–Crippen LogP) is 3.54. The minimum Gasteiger partial charge on any atom is -0.297 e. The van der Waals surface area contributed by atoms with Crippen LogP contribution in [0.25, 0.3) is 5.57 Å². The van der Waals surface area contributed by atoms with Crippen molar-refractivity contribution in [3.05, 3.63) is 39.5 Å². The van der Waals surface area contributed by atoms with Crippen molar-refractivity contribution in [2.75, 3.05) is 7.05 Å². The number of hydrogen-bond acceptors (Lipinski definition) is 1. The van der Waals surface area contributed by atoms with Crippen LogP contribution in [0.5, 0.6) is 0 Å². The summed E-state index contributed by atoms with van der Waals surface area (Å²) in [6.45, 7) is 0. The van der Waals surface area contributed by atoms with E-state index in [0.29, 0.717) is 6.04 Å². The quantitative estimate of drug-likeness (QED) is 0.714. The molecular weight excluding hydrogens is 309 g/mol. The van der Waals surface area contributed by atoms with Crippen LogP contribution in [0.15, 0.2) is 30.3 Å². The fraction of sp³-hybridized carbons (Fsp3) is 0.429. The summed E-state index contributed by atoms with van der Waals surface area (Å²) < 4.78 is 1.38. The van der Waals surface area contributed by atoms with E-state index in [9.17, 15) is 0 Å². The van der Waals surface area contributed by atoms with Gasteiger partial charge in [0.1, 0.15) is 0 Å². The number of halogens is 1. The molecule has 84 valence electrons. The van der Waals surface area contributed by atoms with Gasteiger partial charge in [-0.2, -0.15) is 0 Å². The van der Waals surface area contributed by atoms with Gasteiger partial charge in [-0.15, -0.1) is 0 Å². The van der Waals surface area contributed by atoms with Gasteiger partial charge in [0, 0.05) is 15.7 Å². The molecule has 1 nitrogen and oxygen atoms in total. The minimum atomic E-state index is 0.685. The summed E-state index contributed by atoms with van der Waals surface area (Å²) in [5.74, 6) is 0. The molecule has 2 atom stereocenters. The lowest BCUT2D eigenvalue weighted by Crippen LogP contribution is -2.34. The summed E-state index contributed by atoms with van der Waals surface area (Å²) in [6, 6.07) is 10.2. The molecule has 0 aromatic heterocycles. The highest BCUT2D eigenvalue weighted by Gasteiger charge is 2.34. The van der Waals surface area contributed by atoms with Crippen LogP contribution in [-0.2, 0) is 0 Å². The normalized spacial score (nSPS) is 29.2. The van der Waals surface area contributed by atoms with Gasteiger partial charge in [-0.3, -0.25) is 4.90 Å². The van der Waals surface area contributed by atoms with Crippen LogP contribution < -0.4 is 0 Å². The fourth-order valence-corrected chi connectivity index (χ4v) is 3.70. The largest absolute Gasteiger partial charge is 0.297 e. The Morgan fingerprint density at radius 1 is 1.25 bits per heavy atom. The fourth-order valence-electron chi connectivity index (χ4n) is 2.96. The molecule has 16 heavy (non-hydrogen) atoms. The van der Waals surface area contributed by atoms with Gasteiger partial charge in [0.25, 0.3) is 0 Å². The number of likely N-dealkylation sites (N-methyl/N-ethyl adjacent to an activating group) is 1. The Bertz CT molecular complexity index is 438. The summed E-state index contributed by atoms with van der Waals surface area (Å²) in [7, 11) is 2.27. The Morgan fingerprint density at radius 2 is 2.06 bits per heavy atom. The first-order chi connectivity index (χ1) is 7.75. The Balaban J connectivity index is 1.98. The van der Waals surface area contributed by atoms with Gasteiger partial charge in [-0.05, 0) is 66.1 Å². The first-order valence-corrected chi connectivity index (χ1v) is 7.01. The predicted molar refractivity (Wildman–Crippen MR) is 76.3 cm³/mol. The number of benzene rings is 1. The first-order valence-electron chi connectivity index (χ1n) is 5.93. The van der Waals surface area contributed by atoms with Crippen LogP contribution in [-0.4, -0.2) is 24.0 Å². The minimum absolute atomic E-state index is 0.685. The molecule has 0 radical (unpaired) electrons. The van der Waals surface area contributed by atoms with Crippen LogP contribution in [0.2, 0.25) is 0 Å². The molecule has 2 heteroatoms. The number of hydrogen-bond donors (Lipinski definition) is 0. The maximum atomic E-state index is 2.54. The smallest absolute Gasteiger partial charge is 0.0284 e. The van der Waals surface area contributed by atoms with E-state index in [1.54, 1.807) is 5.57 Å². The van der Waals surface area contributed by atoms with Crippen molar-refractivity contribution in [3.8, 4) is 0 Å². The highest BCUT2D eigenvalue weighted by molar-refractivity contribution is 14.1.